The highest BCUT2D eigenvalue weighted by atomic mass is 16.5. The highest BCUT2D eigenvalue weighted by Gasteiger charge is 2.11. The van der Waals surface area contributed by atoms with Crippen LogP contribution in [0.4, 0.5) is 23.1 Å². The van der Waals surface area contributed by atoms with Crippen molar-refractivity contribution in [2.75, 3.05) is 48.4 Å². The van der Waals surface area contributed by atoms with E-state index in [0.717, 1.165) is 49.9 Å². The van der Waals surface area contributed by atoms with Crippen LogP contribution in [0, 0.1) is 6.92 Å². The van der Waals surface area contributed by atoms with E-state index in [4.69, 9.17) is 4.74 Å². The molecule has 0 spiro atoms. The Kier molecular flexibility index (Phi) is 4.92. The Morgan fingerprint density at radius 2 is 1.91 bits per heavy atom. The molecule has 0 bridgehead atoms. The molecule has 0 aliphatic carbocycles. The Balaban J connectivity index is 1.71. The lowest BCUT2D eigenvalue weighted by molar-refractivity contribution is 0.122. The number of aryl methyl sites for hydroxylation is 1. The fourth-order valence-corrected chi connectivity index (χ4v) is 2.53. The lowest BCUT2D eigenvalue weighted by Crippen LogP contribution is -2.36. The zero-order valence-corrected chi connectivity index (χ0v) is 13.7. The average Bonchev–Trinajstić information content (AvgIpc) is 2.60. The van der Waals surface area contributed by atoms with E-state index in [1.807, 2.05) is 20.0 Å². The summed E-state index contributed by atoms with van der Waals surface area (Å²) in [5, 5.41) is 6.50. The molecule has 1 aromatic heterocycles. The van der Waals surface area contributed by atoms with Gasteiger partial charge in [-0.2, -0.15) is 4.98 Å². The number of hydrogen-bond acceptors (Lipinski definition) is 6. The topological polar surface area (TPSA) is 62.3 Å². The van der Waals surface area contributed by atoms with Crippen LogP contribution in [0.1, 0.15) is 12.5 Å². The Morgan fingerprint density at radius 1 is 1.17 bits per heavy atom. The molecular weight excluding hydrogens is 290 g/mol. The average molecular weight is 313 g/mol. The highest BCUT2D eigenvalue weighted by molar-refractivity contribution is 5.63. The molecule has 0 saturated carbocycles. The maximum absolute atomic E-state index is 5.39. The molecule has 0 atom stereocenters. The van der Waals surface area contributed by atoms with Crippen LogP contribution in [-0.2, 0) is 4.74 Å². The molecule has 1 aliphatic rings. The Hall–Kier alpha value is -2.34. The minimum atomic E-state index is 0.644. The van der Waals surface area contributed by atoms with E-state index in [1.165, 1.54) is 5.69 Å². The molecule has 2 heterocycles. The maximum Gasteiger partial charge on any atom is 0.224 e. The van der Waals surface area contributed by atoms with Crippen molar-refractivity contribution in [1.82, 2.24) is 9.97 Å². The number of nitrogens with one attached hydrogen (secondary N) is 2. The van der Waals surface area contributed by atoms with Gasteiger partial charge in [-0.3, -0.25) is 0 Å². The van der Waals surface area contributed by atoms with Crippen LogP contribution < -0.4 is 15.5 Å². The molecule has 2 aromatic rings. The summed E-state index contributed by atoms with van der Waals surface area (Å²) >= 11 is 0. The van der Waals surface area contributed by atoms with E-state index in [0.29, 0.717) is 5.95 Å². The first-order valence-electron chi connectivity index (χ1n) is 8.03. The van der Waals surface area contributed by atoms with E-state index in [-0.39, 0.29) is 0 Å². The van der Waals surface area contributed by atoms with E-state index >= 15 is 0 Å². The molecule has 6 heteroatoms. The van der Waals surface area contributed by atoms with Crippen molar-refractivity contribution in [1.29, 1.82) is 0 Å². The zero-order valence-electron chi connectivity index (χ0n) is 13.7. The third-order valence-electron chi connectivity index (χ3n) is 3.81. The monoisotopic (exact) mass is 313 g/mol. The van der Waals surface area contributed by atoms with E-state index < -0.39 is 0 Å². The lowest BCUT2D eigenvalue weighted by atomic mass is 10.2. The summed E-state index contributed by atoms with van der Waals surface area (Å²) in [5.74, 6) is 1.47. The van der Waals surface area contributed by atoms with Gasteiger partial charge in [0.15, 0.2) is 0 Å². The van der Waals surface area contributed by atoms with Gasteiger partial charge in [-0.25, -0.2) is 4.98 Å². The number of benzene rings is 1. The predicted octanol–water partition coefficient (Wildman–Crippen LogP) is 2.80. The van der Waals surface area contributed by atoms with Gasteiger partial charge in [-0.05, 0) is 38.1 Å². The van der Waals surface area contributed by atoms with Crippen molar-refractivity contribution in [3.8, 4) is 0 Å². The van der Waals surface area contributed by atoms with Crippen LogP contribution in [-0.4, -0.2) is 42.8 Å². The molecule has 2 N–H and O–H groups in total. The summed E-state index contributed by atoms with van der Waals surface area (Å²) < 4.78 is 5.39. The number of hydrogen-bond donors (Lipinski definition) is 2. The third kappa shape index (κ3) is 3.90. The second-order valence-corrected chi connectivity index (χ2v) is 5.53. The summed E-state index contributed by atoms with van der Waals surface area (Å²) in [5.41, 5.74) is 3.27. The van der Waals surface area contributed by atoms with E-state index in [9.17, 15) is 0 Å². The highest BCUT2D eigenvalue weighted by Crippen LogP contribution is 2.23. The van der Waals surface area contributed by atoms with Gasteiger partial charge >= 0.3 is 0 Å². The van der Waals surface area contributed by atoms with Gasteiger partial charge in [0.1, 0.15) is 5.82 Å². The molecule has 0 unspecified atom stereocenters. The number of aromatic nitrogens is 2. The van der Waals surface area contributed by atoms with Crippen molar-refractivity contribution in [3.63, 3.8) is 0 Å². The van der Waals surface area contributed by atoms with Crippen molar-refractivity contribution < 1.29 is 4.74 Å². The zero-order chi connectivity index (χ0) is 16.1. The minimum Gasteiger partial charge on any atom is -0.378 e. The molecule has 0 radical (unpaired) electrons. The van der Waals surface area contributed by atoms with E-state index in [2.05, 4.69) is 49.8 Å². The lowest BCUT2D eigenvalue weighted by Gasteiger charge is -2.28. The molecule has 3 rings (SSSR count). The van der Waals surface area contributed by atoms with Crippen LogP contribution in [0.2, 0.25) is 0 Å². The first-order valence-corrected chi connectivity index (χ1v) is 8.03. The van der Waals surface area contributed by atoms with Gasteiger partial charge < -0.3 is 20.3 Å². The van der Waals surface area contributed by atoms with Gasteiger partial charge in [0, 0.05) is 42.8 Å². The predicted molar refractivity (Wildman–Crippen MR) is 93.7 cm³/mol. The van der Waals surface area contributed by atoms with Crippen LogP contribution in [0.3, 0.4) is 0 Å². The molecule has 1 aromatic carbocycles. The standard InChI is InChI=1S/C17H23N5O/c1-3-18-17-19-12-13(2)16(21-17)20-14-4-6-15(7-5-14)22-8-10-23-11-9-22/h4-7,12H,3,8-11H2,1-2H3,(H2,18,19,20,21). The molecular formula is C17H23N5O. The van der Waals surface area contributed by atoms with Gasteiger partial charge in [-0.1, -0.05) is 0 Å². The SMILES string of the molecule is CCNc1ncc(C)c(Nc2ccc(N3CCOCC3)cc2)n1. The molecule has 1 saturated heterocycles. The Morgan fingerprint density at radius 3 is 2.61 bits per heavy atom. The van der Waals surface area contributed by atoms with E-state index in [1.54, 1.807) is 0 Å². The van der Waals surface area contributed by atoms with Gasteiger partial charge in [0.25, 0.3) is 0 Å². The maximum atomic E-state index is 5.39. The van der Waals surface area contributed by atoms with Gasteiger partial charge in [0.2, 0.25) is 5.95 Å². The number of rotatable bonds is 5. The summed E-state index contributed by atoms with van der Waals surface area (Å²) in [6.07, 6.45) is 1.83. The van der Waals surface area contributed by atoms with Gasteiger partial charge in [-0.15, -0.1) is 0 Å². The third-order valence-corrected chi connectivity index (χ3v) is 3.81. The number of ether oxygens (including phenoxy) is 1. The quantitative estimate of drug-likeness (QED) is 0.885. The molecule has 1 aliphatic heterocycles. The Bertz CT molecular complexity index is 638. The minimum absolute atomic E-state index is 0.644. The number of morpholine rings is 1. The summed E-state index contributed by atoms with van der Waals surface area (Å²) in [4.78, 5) is 11.1. The summed E-state index contributed by atoms with van der Waals surface area (Å²) in [6.45, 7) is 8.33. The van der Waals surface area contributed by atoms with Crippen LogP contribution >= 0.6 is 0 Å². The second kappa shape index (κ2) is 7.28. The molecule has 122 valence electrons. The van der Waals surface area contributed by atoms with Gasteiger partial charge in [0.05, 0.1) is 13.2 Å². The normalized spacial score (nSPS) is 14.6. The summed E-state index contributed by atoms with van der Waals surface area (Å²) in [6, 6.07) is 8.43. The molecule has 0 amide bonds. The largest absolute Gasteiger partial charge is 0.378 e. The fraction of sp³-hybridized carbons (Fsp3) is 0.412. The smallest absolute Gasteiger partial charge is 0.224 e. The first kappa shape index (κ1) is 15.6. The van der Waals surface area contributed by atoms with Crippen LogP contribution in [0.5, 0.6) is 0 Å². The van der Waals surface area contributed by atoms with Crippen LogP contribution in [0.25, 0.3) is 0 Å². The van der Waals surface area contributed by atoms with Crippen molar-refractivity contribution in [2.24, 2.45) is 0 Å². The molecule has 6 nitrogen and oxygen atoms in total. The Labute approximate surface area is 136 Å². The second-order valence-electron chi connectivity index (χ2n) is 5.53. The fourth-order valence-electron chi connectivity index (χ4n) is 2.53. The van der Waals surface area contributed by atoms with Crippen molar-refractivity contribution >= 4 is 23.1 Å². The van der Waals surface area contributed by atoms with Crippen LogP contribution in [0.15, 0.2) is 30.5 Å². The van der Waals surface area contributed by atoms with Crippen molar-refractivity contribution in [3.05, 3.63) is 36.0 Å². The number of nitrogens with zero attached hydrogens (tertiary/aromatic N) is 3. The number of anilines is 4. The molecule has 23 heavy (non-hydrogen) atoms. The van der Waals surface area contributed by atoms with Crippen molar-refractivity contribution in [2.45, 2.75) is 13.8 Å². The molecule has 1 fully saturated rings. The first-order chi connectivity index (χ1) is 11.3. The summed E-state index contributed by atoms with van der Waals surface area (Å²) in [7, 11) is 0.